The molecule has 0 aliphatic carbocycles. The molecule has 0 N–H and O–H groups in total. The van der Waals surface area contributed by atoms with Crippen molar-refractivity contribution in [2.75, 3.05) is 38.9 Å². The number of hydrogen-bond acceptors (Lipinski definition) is 3. The van der Waals surface area contributed by atoms with Crippen molar-refractivity contribution in [1.29, 1.82) is 0 Å². The van der Waals surface area contributed by atoms with Crippen LogP contribution in [0.15, 0.2) is 0 Å². The van der Waals surface area contributed by atoms with Crippen LogP contribution in [0.2, 0.25) is 0 Å². The summed E-state index contributed by atoms with van der Waals surface area (Å²) < 4.78 is 15.7. The van der Waals surface area contributed by atoms with Crippen molar-refractivity contribution in [3.8, 4) is 0 Å². The molecular weight excluding hydrogens is 239 g/mol. The third-order valence-electron chi connectivity index (χ3n) is 1.58. The second-order valence-electron chi connectivity index (χ2n) is 2.98. The first-order chi connectivity index (χ1) is 7.31. The van der Waals surface area contributed by atoms with Crippen LogP contribution in [-0.2, 0) is 14.2 Å². The van der Waals surface area contributed by atoms with E-state index in [2.05, 4.69) is 6.92 Å². The average Bonchev–Trinajstić information content (AvgIpc) is 2.22. The van der Waals surface area contributed by atoms with E-state index in [0.717, 1.165) is 13.0 Å². The van der Waals surface area contributed by atoms with Crippen molar-refractivity contribution in [2.45, 2.75) is 25.3 Å². The summed E-state index contributed by atoms with van der Waals surface area (Å²) in [6.07, 6.45) is 1.69. The zero-order chi connectivity index (χ0) is 11.4. The van der Waals surface area contributed by atoms with Gasteiger partial charge in [0.15, 0.2) is 0 Å². The predicted octanol–water partition coefficient (Wildman–Crippen LogP) is 2.64. The fourth-order valence-corrected chi connectivity index (χ4v) is 1.38. The zero-order valence-electron chi connectivity index (χ0n) is 9.21. The van der Waals surface area contributed by atoms with Crippen LogP contribution < -0.4 is 0 Å². The van der Waals surface area contributed by atoms with Gasteiger partial charge in [-0.15, -0.1) is 11.6 Å². The Morgan fingerprint density at radius 1 is 1.00 bits per heavy atom. The summed E-state index contributed by atoms with van der Waals surface area (Å²) in [7, 11) is 0. The molecule has 0 aromatic heterocycles. The minimum Gasteiger partial charge on any atom is -0.379 e. The van der Waals surface area contributed by atoms with Crippen molar-refractivity contribution in [1.82, 2.24) is 0 Å². The van der Waals surface area contributed by atoms with Gasteiger partial charge < -0.3 is 14.2 Å². The molecular formula is C10H20Cl2O3. The maximum absolute atomic E-state index is 5.78. The van der Waals surface area contributed by atoms with Gasteiger partial charge in [0.25, 0.3) is 0 Å². The molecule has 0 bridgehead atoms. The largest absolute Gasteiger partial charge is 0.379 e. The van der Waals surface area contributed by atoms with Crippen LogP contribution in [0.5, 0.6) is 0 Å². The van der Waals surface area contributed by atoms with Gasteiger partial charge in [0.1, 0.15) is 5.56 Å². The highest BCUT2D eigenvalue weighted by Gasteiger charge is 2.02. The molecule has 0 saturated heterocycles. The van der Waals surface area contributed by atoms with Crippen LogP contribution in [0.4, 0.5) is 0 Å². The Morgan fingerprint density at radius 3 is 2.20 bits per heavy atom. The summed E-state index contributed by atoms with van der Waals surface area (Å²) in [5.74, 6) is 0.514. The molecule has 5 heteroatoms. The van der Waals surface area contributed by atoms with Crippen molar-refractivity contribution in [2.24, 2.45) is 0 Å². The SMILES string of the molecule is CCCOCCOCCOC(Cl)CCCl. The van der Waals surface area contributed by atoms with Gasteiger partial charge >= 0.3 is 0 Å². The molecule has 0 aromatic carbocycles. The first-order valence-corrected chi connectivity index (χ1v) is 6.25. The van der Waals surface area contributed by atoms with E-state index in [4.69, 9.17) is 37.4 Å². The lowest BCUT2D eigenvalue weighted by molar-refractivity contribution is 0.00738. The Labute approximate surface area is 102 Å². The summed E-state index contributed by atoms with van der Waals surface area (Å²) in [6, 6.07) is 0. The van der Waals surface area contributed by atoms with Crippen molar-refractivity contribution < 1.29 is 14.2 Å². The standard InChI is InChI=1S/C10H20Cl2O3/c1-2-5-13-6-7-14-8-9-15-10(12)3-4-11/h10H,2-9H2,1H3. The van der Waals surface area contributed by atoms with Crippen LogP contribution >= 0.6 is 23.2 Å². The van der Waals surface area contributed by atoms with Crippen LogP contribution in [0.3, 0.4) is 0 Å². The molecule has 0 radical (unpaired) electrons. The lowest BCUT2D eigenvalue weighted by atomic mass is 10.5. The molecule has 0 aromatic rings. The molecule has 1 unspecified atom stereocenters. The molecule has 0 spiro atoms. The number of rotatable bonds is 11. The van der Waals surface area contributed by atoms with Gasteiger partial charge in [0.2, 0.25) is 0 Å². The molecule has 0 heterocycles. The summed E-state index contributed by atoms with van der Waals surface area (Å²) in [5.41, 5.74) is -0.303. The van der Waals surface area contributed by atoms with Crippen molar-refractivity contribution >= 4 is 23.2 Å². The summed E-state index contributed by atoms with van der Waals surface area (Å²) >= 11 is 11.3. The van der Waals surface area contributed by atoms with Gasteiger partial charge in [-0.05, 0) is 6.42 Å². The minimum absolute atomic E-state index is 0.303. The Morgan fingerprint density at radius 2 is 1.60 bits per heavy atom. The maximum Gasteiger partial charge on any atom is 0.132 e. The number of hydrogen-bond donors (Lipinski definition) is 0. The normalized spacial score (nSPS) is 13.0. The van der Waals surface area contributed by atoms with Gasteiger partial charge in [-0.1, -0.05) is 18.5 Å². The molecule has 0 aliphatic rings. The van der Waals surface area contributed by atoms with E-state index in [1.807, 2.05) is 0 Å². The average molecular weight is 259 g/mol. The highest BCUT2D eigenvalue weighted by Crippen LogP contribution is 2.04. The highest BCUT2D eigenvalue weighted by molar-refractivity contribution is 6.21. The minimum atomic E-state index is -0.303. The lowest BCUT2D eigenvalue weighted by Crippen LogP contribution is -2.13. The van der Waals surface area contributed by atoms with E-state index in [9.17, 15) is 0 Å². The van der Waals surface area contributed by atoms with Gasteiger partial charge in [-0.3, -0.25) is 0 Å². The predicted molar refractivity (Wildman–Crippen MR) is 62.9 cm³/mol. The first-order valence-electron chi connectivity index (χ1n) is 5.28. The molecule has 0 fully saturated rings. The van der Waals surface area contributed by atoms with Crippen molar-refractivity contribution in [3.63, 3.8) is 0 Å². The third-order valence-corrected chi connectivity index (χ3v) is 2.15. The molecule has 3 nitrogen and oxygen atoms in total. The van der Waals surface area contributed by atoms with Crippen LogP contribution in [0.25, 0.3) is 0 Å². The molecule has 15 heavy (non-hydrogen) atoms. The van der Waals surface area contributed by atoms with Crippen LogP contribution in [-0.4, -0.2) is 44.5 Å². The van der Waals surface area contributed by atoms with E-state index >= 15 is 0 Å². The fourth-order valence-electron chi connectivity index (χ4n) is 0.870. The van der Waals surface area contributed by atoms with E-state index in [1.54, 1.807) is 0 Å². The fraction of sp³-hybridized carbons (Fsp3) is 1.00. The second-order valence-corrected chi connectivity index (χ2v) is 3.85. The van der Waals surface area contributed by atoms with E-state index in [-0.39, 0.29) is 5.56 Å². The van der Waals surface area contributed by atoms with E-state index in [1.165, 1.54) is 0 Å². The Kier molecular flexibility index (Phi) is 12.9. The topological polar surface area (TPSA) is 27.7 Å². The Bertz CT molecular complexity index is 125. The smallest absolute Gasteiger partial charge is 0.132 e. The number of halogens is 2. The van der Waals surface area contributed by atoms with Gasteiger partial charge in [-0.2, -0.15) is 0 Å². The maximum atomic E-state index is 5.78. The highest BCUT2D eigenvalue weighted by atomic mass is 35.5. The Balaban J connectivity index is 2.98. The number of alkyl halides is 2. The van der Waals surface area contributed by atoms with Crippen molar-refractivity contribution in [3.05, 3.63) is 0 Å². The molecule has 0 amide bonds. The Hall–Kier alpha value is 0.460. The second kappa shape index (κ2) is 12.5. The summed E-state index contributed by atoms with van der Waals surface area (Å²) in [5, 5.41) is 0. The first kappa shape index (κ1) is 15.5. The third kappa shape index (κ3) is 12.4. The van der Waals surface area contributed by atoms with Gasteiger partial charge in [0, 0.05) is 18.9 Å². The van der Waals surface area contributed by atoms with Gasteiger partial charge in [-0.25, -0.2) is 0 Å². The van der Waals surface area contributed by atoms with E-state index in [0.29, 0.717) is 38.7 Å². The summed E-state index contributed by atoms with van der Waals surface area (Å²) in [6.45, 7) is 5.15. The van der Waals surface area contributed by atoms with Crippen LogP contribution in [0, 0.1) is 0 Å². The van der Waals surface area contributed by atoms with Gasteiger partial charge in [0.05, 0.1) is 26.4 Å². The molecule has 0 saturated carbocycles. The number of ether oxygens (including phenoxy) is 3. The van der Waals surface area contributed by atoms with E-state index < -0.39 is 0 Å². The lowest BCUT2D eigenvalue weighted by Gasteiger charge is -2.09. The quantitative estimate of drug-likeness (QED) is 0.421. The monoisotopic (exact) mass is 258 g/mol. The zero-order valence-corrected chi connectivity index (χ0v) is 10.7. The summed E-state index contributed by atoms with van der Waals surface area (Å²) in [4.78, 5) is 0. The molecule has 92 valence electrons. The van der Waals surface area contributed by atoms with Crippen LogP contribution in [0.1, 0.15) is 19.8 Å². The molecule has 0 aliphatic heterocycles. The molecule has 1 atom stereocenters. The molecule has 0 rings (SSSR count).